The molecule has 0 bridgehead atoms. The predicted octanol–water partition coefficient (Wildman–Crippen LogP) is 4.96. The van der Waals surface area contributed by atoms with Gasteiger partial charge < -0.3 is 29.4 Å². The van der Waals surface area contributed by atoms with Gasteiger partial charge in [-0.1, -0.05) is 18.7 Å². The predicted molar refractivity (Wildman–Crippen MR) is 140 cm³/mol. The summed E-state index contributed by atoms with van der Waals surface area (Å²) in [6.07, 6.45) is 4.73. The summed E-state index contributed by atoms with van der Waals surface area (Å²) in [7, 11) is 5.45. The van der Waals surface area contributed by atoms with E-state index in [1.807, 2.05) is 47.8 Å². The van der Waals surface area contributed by atoms with Crippen LogP contribution in [0, 0.1) is 5.82 Å². The summed E-state index contributed by atoms with van der Waals surface area (Å²) in [4.78, 5) is 18.6. The summed E-state index contributed by atoms with van der Waals surface area (Å²) >= 11 is 0. The first-order valence-corrected chi connectivity index (χ1v) is 11.3. The Balaban J connectivity index is 1.69. The highest BCUT2D eigenvalue weighted by atomic mass is 19.1. The van der Waals surface area contributed by atoms with E-state index >= 15 is 0 Å². The number of nitrogens with zero attached hydrogens (tertiary/aromatic N) is 3. The lowest BCUT2D eigenvalue weighted by Gasteiger charge is -2.18. The van der Waals surface area contributed by atoms with Crippen LogP contribution in [0.25, 0.3) is 16.8 Å². The minimum absolute atomic E-state index is 0.304. The van der Waals surface area contributed by atoms with Gasteiger partial charge in [-0.25, -0.2) is 9.37 Å². The number of ether oxygens (including phenoxy) is 2. The van der Waals surface area contributed by atoms with Gasteiger partial charge in [0.25, 0.3) is 0 Å². The molecule has 4 rings (SSSR count). The number of nitrogens with one attached hydrogen (secondary N) is 2. The highest BCUT2D eigenvalue weighted by Crippen LogP contribution is 2.38. The number of amides is 1. The Bertz CT molecular complexity index is 1400. The average Bonchev–Trinajstić information content (AvgIpc) is 3.28. The van der Waals surface area contributed by atoms with Crippen LogP contribution in [0.15, 0.2) is 73.6 Å². The van der Waals surface area contributed by atoms with Crippen LogP contribution in [0.3, 0.4) is 0 Å². The van der Waals surface area contributed by atoms with Crippen molar-refractivity contribution in [3.63, 3.8) is 0 Å². The molecular formula is C27H28FN5O3. The van der Waals surface area contributed by atoms with Crippen LogP contribution in [-0.2, 0) is 4.79 Å². The summed E-state index contributed by atoms with van der Waals surface area (Å²) in [5.41, 5.74) is 3.46. The van der Waals surface area contributed by atoms with E-state index in [0.29, 0.717) is 41.8 Å². The molecular weight excluding hydrogens is 461 g/mol. The smallest absolute Gasteiger partial charge is 0.247 e. The van der Waals surface area contributed by atoms with Crippen LogP contribution in [0.1, 0.15) is 0 Å². The summed E-state index contributed by atoms with van der Waals surface area (Å²) in [6.45, 7) is 4.65. The summed E-state index contributed by atoms with van der Waals surface area (Å²) in [5.74, 6) is 0.830. The van der Waals surface area contributed by atoms with E-state index < -0.39 is 0 Å². The minimum Gasteiger partial charge on any atom is -0.494 e. The quantitative estimate of drug-likeness (QED) is 0.307. The fraction of sp³-hybridized carbons (Fsp3) is 0.185. The largest absolute Gasteiger partial charge is 0.494 e. The first kappa shape index (κ1) is 24.7. The van der Waals surface area contributed by atoms with E-state index in [4.69, 9.17) is 9.47 Å². The zero-order chi connectivity index (χ0) is 25.7. The first-order valence-electron chi connectivity index (χ1n) is 11.3. The second-order valence-electron chi connectivity index (χ2n) is 8.32. The van der Waals surface area contributed by atoms with Gasteiger partial charge in [0.2, 0.25) is 5.91 Å². The highest BCUT2D eigenvalue weighted by Gasteiger charge is 2.15. The van der Waals surface area contributed by atoms with Crippen molar-refractivity contribution >= 4 is 28.6 Å². The second-order valence-corrected chi connectivity index (χ2v) is 8.32. The van der Waals surface area contributed by atoms with Gasteiger partial charge in [-0.05, 0) is 50.5 Å². The topological polar surface area (TPSA) is 80.1 Å². The molecule has 186 valence electrons. The molecule has 0 saturated heterocycles. The summed E-state index contributed by atoms with van der Waals surface area (Å²) < 4.78 is 27.2. The maximum absolute atomic E-state index is 13.8. The molecule has 0 saturated carbocycles. The Morgan fingerprint density at radius 1 is 1.17 bits per heavy atom. The molecule has 1 amide bonds. The lowest BCUT2D eigenvalue weighted by molar-refractivity contribution is -0.111. The van der Waals surface area contributed by atoms with E-state index in [1.165, 1.54) is 18.2 Å². The summed E-state index contributed by atoms with van der Waals surface area (Å²) in [5, 5.41) is 6.04. The standard InChI is InChI=1S/C27H28FN5O3/c1-5-27(34)31-22-14-21(24(35-4)15-25(22)36-12-11-32(2)3)30-26-17-33-20(16-29-26)9-10-23(33)18-7-6-8-19(28)13-18/h5-10,13-17,30H,1,11-12H2,2-4H3,(H,31,34). The zero-order valence-corrected chi connectivity index (χ0v) is 20.4. The van der Waals surface area contributed by atoms with E-state index in [9.17, 15) is 9.18 Å². The Morgan fingerprint density at radius 3 is 2.72 bits per heavy atom. The van der Waals surface area contributed by atoms with Gasteiger partial charge in [0.1, 0.15) is 29.7 Å². The van der Waals surface area contributed by atoms with Gasteiger partial charge in [-0.15, -0.1) is 0 Å². The number of likely N-dealkylation sites (N-methyl/N-ethyl adjacent to an activating group) is 1. The number of methoxy groups -OCH3 is 1. The molecule has 9 heteroatoms. The minimum atomic E-state index is -0.366. The van der Waals surface area contributed by atoms with Crippen molar-refractivity contribution in [1.29, 1.82) is 0 Å². The fourth-order valence-corrected chi connectivity index (χ4v) is 3.66. The zero-order valence-electron chi connectivity index (χ0n) is 20.4. The highest BCUT2D eigenvalue weighted by molar-refractivity contribution is 6.00. The Hall–Kier alpha value is -4.37. The van der Waals surface area contributed by atoms with Gasteiger partial charge in [-0.3, -0.25) is 4.79 Å². The SMILES string of the molecule is C=CC(=O)Nc1cc(Nc2cn3c(-c4cccc(F)c4)ccc3cn2)c(OC)cc1OCCN(C)C. The number of hydrogen-bond donors (Lipinski definition) is 2. The molecule has 0 aliphatic heterocycles. The Kier molecular flexibility index (Phi) is 7.50. The molecule has 0 atom stereocenters. The van der Waals surface area contributed by atoms with Crippen LogP contribution in [0.5, 0.6) is 11.5 Å². The van der Waals surface area contributed by atoms with Gasteiger partial charge in [0.15, 0.2) is 0 Å². The molecule has 0 radical (unpaired) electrons. The van der Waals surface area contributed by atoms with Gasteiger partial charge in [-0.2, -0.15) is 0 Å². The molecule has 2 aromatic carbocycles. The Labute approximate surface area is 209 Å². The second kappa shape index (κ2) is 10.9. The lowest BCUT2D eigenvalue weighted by Crippen LogP contribution is -2.20. The van der Waals surface area contributed by atoms with Gasteiger partial charge >= 0.3 is 0 Å². The summed E-state index contributed by atoms with van der Waals surface area (Å²) in [6, 6.07) is 13.7. The molecule has 36 heavy (non-hydrogen) atoms. The van der Waals surface area contributed by atoms with Crippen molar-refractivity contribution in [2.45, 2.75) is 0 Å². The van der Waals surface area contributed by atoms with Crippen molar-refractivity contribution in [1.82, 2.24) is 14.3 Å². The van der Waals surface area contributed by atoms with Crippen LogP contribution < -0.4 is 20.1 Å². The molecule has 0 unspecified atom stereocenters. The molecule has 8 nitrogen and oxygen atoms in total. The van der Waals surface area contributed by atoms with E-state index in [0.717, 1.165) is 16.8 Å². The molecule has 4 aromatic rings. The van der Waals surface area contributed by atoms with Crippen LogP contribution in [-0.4, -0.2) is 54.5 Å². The number of aromatic nitrogens is 2. The number of hydrogen-bond acceptors (Lipinski definition) is 6. The molecule has 2 heterocycles. The number of carbonyl (C=O) groups is 1. The van der Waals surface area contributed by atoms with Crippen molar-refractivity contribution in [3.05, 3.63) is 79.4 Å². The molecule has 0 spiro atoms. The number of fused-ring (bicyclic) bond motifs is 1. The van der Waals surface area contributed by atoms with Crippen LogP contribution >= 0.6 is 0 Å². The van der Waals surface area contributed by atoms with Crippen molar-refractivity contribution < 1.29 is 18.7 Å². The molecule has 2 aromatic heterocycles. The monoisotopic (exact) mass is 489 g/mol. The van der Waals surface area contributed by atoms with Crippen molar-refractivity contribution in [2.75, 3.05) is 45.0 Å². The number of carbonyl (C=O) groups excluding carboxylic acids is 1. The number of benzene rings is 2. The van der Waals surface area contributed by atoms with Crippen molar-refractivity contribution in [2.24, 2.45) is 0 Å². The third-order valence-electron chi connectivity index (χ3n) is 5.46. The maximum Gasteiger partial charge on any atom is 0.247 e. The van der Waals surface area contributed by atoms with E-state index in [-0.39, 0.29) is 11.7 Å². The third-order valence-corrected chi connectivity index (χ3v) is 5.46. The van der Waals surface area contributed by atoms with E-state index in [2.05, 4.69) is 22.2 Å². The van der Waals surface area contributed by atoms with Crippen LogP contribution in [0.2, 0.25) is 0 Å². The normalized spacial score (nSPS) is 10.9. The van der Waals surface area contributed by atoms with Gasteiger partial charge in [0, 0.05) is 18.2 Å². The molecule has 0 aliphatic carbocycles. The average molecular weight is 490 g/mol. The number of halogens is 1. The van der Waals surface area contributed by atoms with Crippen LogP contribution in [0.4, 0.5) is 21.6 Å². The first-order chi connectivity index (χ1) is 17.4. The fourth-order valence-electron chi connectivity index (χ4n) is 3.66. The Morgan fingerprint density at radius 2 is 2.00 bits per heavy atom. The van der Waals surface area contributed by atoms with Crippen molar-refractivity contribution in [3.8, 4) is 22.8 Å². The van der Waals surface area contributed by atoms with Gasteiger partial charge in [0.05, 0.1) is 42.1 Å². The lowest BCUT2D eigenvalue weighted by atomic mass is 10.1. The molecule has 0 fully saturated rings. The number of rotatable bonds is 10. The molecule has 2 N–H and O–H groups in total. The molecule has 0 aliphatic rings. The van der Waals surface area contributed by atoms with E-state index in [1.54, 1.807) is 31.5 Å². The third kappa shape index (κ3) is 5.64. The maximum atomic E-state index is 13.8. The number of anilines is 3.